The Bertz CT molecular complexity index is 1050. The van der Waals surface area contributed by atoms with Crippen molar-refractivity contribution in [3.63, 3.8) is 0 Å². The number of para-hydroxylation sites is 1. The van der Waals surface area contributed by atoms with Gasteiger partial charge in [-0.3, -0.25) is 20.0 Å². The molecule has 1 saturated heterocycles. The number of benzene rings is 1. The highest BCUT2D eigenvalue weighted by Gasteiger charge is 2.40. The van der Waals surface area contributed by atoms with Crippen molar-refractivity contribution in [3.05, 3.63) is 63.4 Å². The van der Waals surface area contributed by atoms with Gasteiger partial charge < -0.3 is 9.84 Å². The summed E-state index contributed by atoms with van der Waals surface area (Å²) < 4.78 is 32.9. The van der Waals surface area contributed by atoms with Crippen molar-refractivity contribution in [2.24, 2.45) is 0 Å². The number of nitrogens with zero attached hydrogens (tertiary/aromatic N) is 4. The molecule has 0 bridgehead atoms. The lowest BCUT2D eigenvalue weighted by molar-refractivity contribution is -0.387. The number of ether oxygens (including phenoxy) is 1. The van der Waals surface area contributed by atoms with Crippen LogP contribution in [-0.2, 0) is 21.2 Å². The molecule has 0 saturated carbocycles. The first-order chi connectivity index (χ1) is 15.1. The van der Waals surface area contributed by atoms with Gasteiger partial charge >= 0.3 is 0 Å². The Morgan fingerprint density at radius 3 is 2.62 bits per heavy atom. The van der Waals surface area contributed by atoms with Gasteiger partial charge in [0.25, 0.3) is 5.69 Å². The molecule has 3 atom stereocenters. The molecule has 12 heteroatoms. The van der Waals surface area contributed by atoms with Crippen molar-refractivity contribution in [2.75, 3.05) is 26.7 Å². The highest BCUT2D eigenvalue weighted by molar-refractivity contribution is 7.89. The Kier molecular flexibility index (Phi) is 7.80. The summed E-state index contributed by atoms with van der Waals surface area (Å²) in [6.07, 6.45) is 0.779. The predicted octanol–water partition coefficient (Wildman–Crippen LogP) is 1.91. The zero-order chi connectivity index (χ0) is 23.5. The molecule has 2 heterocycles. The summed E-state index contributed by atoms with van der Waals surface area (Å²) in [6.45, 7) is 2.45. The van der Waals surface area contributed by atoms with Gasteiger partial charge in [-0.1, -0.05) is 23.7 Å². The van der Waals surface area contributed by atoms with Crippen molar-refractivity contribution in [1.82, 2.24) is 14.2 Å². The van der Waals surface area contributed by atoms with Gasteiger partial charge in [0, 0.05) is 57.2 Å². The van der Waals surface area contributed by atoms with E-state index in [1.54, 1.807) is 19.1 Å². The van der Waals surface area contributed by atoms with E-state index in [2.05, 4.69) is 4.98 Å². The average molecular weight is 485 g/mol. The highest BCUT2D eigenvalue weighted by Crippen LogP contribution is 2.29. The first kappa shape index (κ1) is 24.5. The molecule has 10 nitrogen and oxygen atoms in total. The van der Waals surface area contributed by atoms with Crippen LogP contribution in [0.5, 0.6) is 0 Å². The summed E-state index contributed by atoms with van der Waals surface area (Å²) in [5.74, 6) is 0. The van der Waals surface area contributed by atoms with E-state index in [4.69, 9.17) is 16.3 Å². The Morgan fingerprint density at radius 1 is 1.31 bits per heavy atom. The first-order valence-electron chi connectivity index (χ1n) is 9.95. The predicted molar refractivity (Wildman–Crippen MR) is 118 cm³/mol. The molecule has 0 radical (unpaired) electrons. The van der Waals surface area contributed by atoms with E-state index >= 15 is 0 Å². The van der Waals surface area contributed by atoms with Gasteiger partial charge in [0.2, 0.25) is 10.0 Å². The lowest BCUT2D eigenvalue weighted by Crippen LogP contribution is -2.59. The molecule has 0 spiro atoms. The number of methoxy groups -OCH3 is 1. The fourth-order valence-electron chi connectivity index (χ4n) is 3.89. The topological polar surface area (TPSA) is 126 Å². The number of aromatic nitrogens is 1. The van der Waals surface area contributed by atoms with Crippen molar-refractivity contribution in [3.8, 4) is 0 Å². The molecule has 1 N–H and O–H groups in total. The minimum absolute atomic E-state index is 0.108. The second-order valence-corrected chi connectivity index (χ2v) is 9.85. The van der Waals surface area contributed by atoms with Gasteiger partial charge in [-0.2, -0.15) is 4.31 Å². The molecule has 32 heavy (non-hydrogen) atoms. The summed E-state index contributed by atoms with van der Waals surface area (Å²) in [5, 5.41) is 22.3. The minimum Gasteiger partial charge on any atom is -0.367 e. The molecule has 1 unspecified atom stereocenters. The van der Waals surface area contributed by atoms with E-state index in [1.165, 1.54) is 41.9 Å². The monoisotopic (exact) mass is 484 g/mol. The van der Waals surface area contributed by atoms with E-state index in [1.807, 2.05) is 4.90 Å². The molecule has 0 aliphatic carbocycles. The third kappa shape index (κ3) is 5.25. The van der Waals surface area contributed by atoms with Gasteiger partial charge in [-0.15, -0.1) is 0 Å². The van der Waals surface area contributed by atoms with Crippen molar-refractivity contribution in [1.29, 1.82) is 0 Å². The second-order valence-electron chi connectivity index (χ2n) is 7.55. The smallest absolute Gasteiger partial charge is 0.289 e. The van der Waals surface area contributed by atoms with Crippen LogP contribution in [0, 0.1) is 10.1 Å². The number of rotatable bonds is 8. The van der Waals surface area contributed by atoms with E-state index in [-0.39, 0.29) is 11.4 Å². The normalized spacial score (nSPS) is 20.1. The van der Waals surface area contributed by atoms with Crippen molar-refractivity contribution >= 4 is 27.3 Å². The molecule has 1 aromatic heterocycles. The van der Waals surface area contributed by atoms with Crippen molar-refractivity contribution < 1.29 is 23.2 Å². The maximum absolute atomic E-state index is 13.2. The number of piperazine rings is 1. The summed E-state index contributed by atoms with van der Waals surface area (Å²) >= 11 is 5.89. The maximum atomic E-state index is 13.2. The second kappa shape index (κ2) is 10.2. The molecular weight excluding hydrogens is 460 g/mol. The first-order valence-corrected chi connectivity index (χ1v) is 11.8. The van der Waals surface area contributed by atoms with E-state index < -0.39 is 39.0 Å². The zero-order valence-electron chi connectivity index (χ0n) is 17.7. The third-order valence-electron chi connectivity index (χ3n) is 5.49. The fourth-order valence-corrected chi connectivity index (χ4v) is 5.77. The Hall–Kier alpha value is -2.15. The minimum atomic E-state index is -4.08. The maximum Gasteiger partial charge on any atom is 0.289 e. The van der Waals surface area contributed by atoms with Gasteiger partial charge in [0.1, 0.15) is 0 Å². The van der Waals surface area contributed by atoms with Gasteiger partial charge in [-0.05, 0) is 25.1 Å². The van der Waals surface area contributed by atoms with Crippen LogP contribution < -0.4 is 0 Å². The Morgan fingerprint density at radius 2 is 2.03 bits per heavy atom. The molecule has 1 fully saturated rings. The quantitative estimate of drug-likeness (QED) is 0.342. The van der Waals surface area contributed by atoms with Crippen LogP contribution in [-0.4, -0.2) is 77.8 Å². The molecule has 1 aliphatic heterocycles. The van der Waals surface area contributed by atoms with Crippen LogP contribution in [0.25, 0.3) is 0 Å². The van der Waals surface area contributed by atoms with Gasteiger partial charge in [0.05, 0.1) is 16.0 Å². The number of nitro benzene ring substituents is 1. The van der Waals surface area contributed by atoms with Crippen molar-refractivity contribution in [2.45, 2.75) is 36.6 Å². The number of sulfonamides is 1. The molecule has 1 aromatic carbocycles. The molecule has 3 rings (SSSR count). The van der Waals surface area contributed by atoms with Gasteiger partial charge in [0.15, 0.2) is 11.2 Å². The summed E-state index contributed by atoms with van der Waals surface area (Å²) in [4.78, 5) is 16.5. The number of pyridine rings is 1. The highest BCUT2D eigenvalue weighted by atomic mass is 35.5. The van der Waals surface area contributed by atoms with Crippen LogP contribution in [0.15, 0.2) is 47.5 Å². The number of hydrogen-bond acceptors (Lipinski definition) is 8. The number of halogens is 1. The van der Waals surface area contributed by atoms with Crippen LogP contribution in [0.1, 0.15) is 12.6 Å². The zero-order valence-corrected chi connectivity index (χ0v) is 19.2. The SMILES string of the molecule is COC(O)[C@H](Cc1ccc(Cl)cn1)N1CCN(S(=O)(=O)c2ccccc2[N+](=O)[O-])[C@@H](C)C1. The molecule has 1 aliphatic rings. The van der Waals surface area contributed by atoms with Gasteiger partial charge in [-0.25, -0.2) is 8.42 Å². The molecule has 174 valence electrons. The largest absolute Gasteiger partial charge is 0.367 e. The summed E-state index contributed by atoms with van der Waals surface area (Å²) in [6, 6.07) is 7.83. The number of hydrogen-bond donors (Lipinski definition) is 1. The Balaban J connectivity index is 1.81. The molecular formula is C20H25ClN4O6S. The third-order valence-corrected chi connectivity index (χ3v) is 7.78. The fraction of sp³-hybridized carbons (Fsp3) is 0.450. The van der Waals surface area contributed by atoms with Crippen LogP contribution in [0.2, 0.25) is 5.02 Å². The number of aliphatic hydroxyl groups excluding tert-OH is 1. The summed E-state index contributed by atoms with van der Waals surface area (Å²) in [5.41, 5.74) is 0.252. The molecule has 2 aromatic rings. The Labute approximate surface area is 191 Å². The van der Waals surface area contributed by atoms with Crippen LogP contribution in [0.3, 0.4) is 0 Å². The number of nitro groups is 1. The van der Waals surface area contributed by atoms with Crippen LogP contribution >= 0.6 is 11.6 Å². The van der Waals surface area contributed by atoms with E-state index in [0.29, 0.717) is 30.2 Å². The van der Waals surface area contributed by atoms with Crippen LogP contribution in [0.4, 0.5) is 5.69 Å². The number of aliphatic hydroxyl groups is 1. The lowest BCUT2D eigenvalue weighted by atomic mass is 10.1. The lowest BCUT2D eigenvalue weighted by Gasteiger charge is -2.43. The van der Waals surface area contributed by atoms with E-state index in [0.717, 1.165) is 0 Å². The standard InChI is InChI=1S/C20H25ClN4O6S/c1-14-13-23(18(20(26)31-2)11-16-8-7-15(21)12-22-16)9-10-24(14)32(29,30)19-6-4-3-5-17(19)25(27)28/h3-8,12,14,18,20,26H,9-11,13H2,1-2H3/t14-,18-,20?/m0/s1. The van der Waals surface area contributed by atoms with E-state index in [9.17, 15) is 23.6 Å². The average Bonchev–Trinajstić information content (AvgIpc) is 2.77. The molecule has 0 amide bonds. The summed E-state index contributed by atoms with van der Waals surface area (Å²) in [7, 11) is -2.69.